The van der Waals surface area contributed by atoms with Crippen LogP contribution in [0.3, 0.4) is 0 Å². The molecule has 0 N–H and O–H groups in total. The molecule has 0 aromatic carbocycles. The number of aromatic nitrogens is 2. The molecule has 2 rings (SSSR count). The monoisotopic (exact) mass is 270 g/mol. The lowest BCUT2D eigenvalue weighted by Crippen LogP contribution is -2.25. The van der Waals surface area contributed by atoms with Crippen molar-refractivity contribution in [3.8, 4) is 0 Å². The van der Waals surface area contributed by atoms with Gasteiger partial charge in [0.2, 0.25) is 0 Å². The van der Waals surface area contributed by atoms with Crippen LogP contribution in [0.5, 0.6) is 0 Å². The highest BCUT2D eigenvalue weighted by Gasteiger charge is 2.27. The van der Waals surface area contributed by atoms with E-state index in [2.05, 4.69) is 34.0 Å². The van der Waals surface area contributed by atoms with E-state index in [0.717, 1.165) is 18.3 Å². The predicted molar refractivity (Wildman–Crippen MR) is 66.1 cm³/mol. The summed E-state index contributed by atoms with van der Waals surface area (Å²) in [5.74, 6) is 1.65. The summed E-state index contributed by atoms with van der Waals surface area (Å²) < 4.78 is 1.89. The topological polar surface area (TPSA) is 17.8 Å². The Kier molecular flexibility index (Phi) is 3.49. The standard InChI is InChI=1S/C12H19BrN2/c1-9-3-4-12(13)10(7-9)8-11-5-6-15(2)14-11/h5-6,9-10,12H,3-4,7-8H2,1-2H3. The Bertz CT molecular complexity index is 321. The van der Waals surface area contributed by atoms with Gasteiger partial charge < -0.3 is 0 Å². The molecule has 1 aromatic rings. The van der Waals surface area contributed by atoms with Crippen LogP contribution in [-0.2, 0) is 13.5 Å². The van der Waals surface area contributed by atoms with Gasteiger partial charge in [0.15, 0.2) is 0 Å². The van der Waals surface area contributed by atoms with Crippen LogP contribution in [0.15, 0.2) is 12.3 Å². The van der Waals surface area contributed by atoms with E-state index >= 15 is 0 Å². The maximum Gasteiger partial charge on any atom is 0.0627 e. The average Bonchev–Trinajstić information content (AvgIpc) is 2.58. The molecule has 0 spiro atoms. The number of nitrogens with zero attached hydrogens (tertiary/aromatic N) is 2. The van der Waals surface area contributed by atoms with Gasteiger partial charge in [0.1, 0.15) is 0 Å². The highest BCUT2D eigenvalue weighted by atomic mass is 79.9. The van der Waals surface area contributed by atoms with Crippen molar-refractivity contribution in [3.05, 3.63) is 18.0 Å². The van der Waals surface area contributed by atoms with Crippen LogP contribution < -0.4 is 0 Å². The van der Waals surface area contributed by atoms with E-state index in [1.807, 2.05) is 17.9 Å². The van der Waals surface area contributed by atoms with Crippen molar-refractivity contribution in [1.29, 1.82) is 0 Å². The summed E-state index contributed by atoms with van der Waals surface area (Å²) >= 11 is 3.81. The van der Waals surface area contributed by atoms with Gasteiger partial charge in [-0.25, -0.2) is 0 Å². The second-order valence-corrected chi connectivity index (χ2v) is 6.06. The lowest BCUT2D eigenvalue weighted by Gasteiger charge is -2.31. The molecule has 3 unspecified atom stereocenters. The third kappa shape index (κ3) is 2.83. The summed E-state index contributed by atoms with van der Waals surface area (Å²) in [6.07, 6.45) is 7.19. The Morgan fingerprint density at radius 2 is 2.33 bits per heavy atom. The third-order valence-corrected chi connectivity index (χ3v) is 4.60. The number of halogens is 1. The number of aryl methyl sites for hydroxylation is 1. The van der Waals surface area contributed by atoms with Gasteiger partial charge in [-0.3, -0.25) is 4.68 Å². The maximum absolute atomic E-state index is 4.46. The molecule has 1 aliphatic carbocycles. The Labute approximate surface area is 100 Å². The van der Waals surface area contributed by atoms with Crippen molar-refractivity contribution in [2.24, 2.45) is 18.9 Å². The van der Waals surface area contributed by atoms with Crippen LogP contribution >= 0.6 is 15.9 Å². The minimum Gasteiger partial charge on any atom is -0.276 e. The van der Waals surface area contributed by atoms with Crippen LogP contribution in [0.1, 0.15) is 31.9 Å². The third-order valence-electron chi connectivity index (χ3n) is 3.39. The molecule has 0 aliphatic heterocycles. The first kappa shape index (κ1) is 11.2. The van der Waals surface area contributed by atoms with Crippen molar-refractivity contribution < 1.29 is 0 Å². The zero-order valence-corrected chi connectivity index (χ0v) is 11.1. The Balaban J connectivity index is 1.98. The quantitative estimate of drug-likeness (QED) is 0.755. The summed E-state index contributed by atoms with van der Waals surface area (Å²) in [6, 6.07) is 2.14. The highest BCUT2D eigenvalue weighted by molar-refractivity contribution is 9.09. The molecule has 0 amide bonds. The van der Waals surface area contributed by atoms with Gasteiger partial charge in [-0.2, -0.15) is 5.10 Å². The SMILES string of the molecule is CC1CCC(Br)C(Cc2ccn(C)n2)C1. The smallest absolute Gasteiger partial charge is 0.0627 e. The van der Waals surface area contributed by atoms with Gasteiger partial charge in [-0.1, -0.05) is 22.9 Å². The van der Waals surface area contributed by atoms with Gasteiger partial charge in [0, 0.05) is 18.1 Å². The summed E-state index contributed by atoms with van der Waals surface area (Å²) in [5.41, 5.74) is 1.24. The molecule has 2 nitrogen and oxygen atoms in total. The molecule has 84 valence electrons. The van der Waals surface area contributed by atoms with E-state index in [0.29, 0.717) is 4.83 Å². The maximum atomic E-state index is 4.46. The normalized spacial score (nSPS) is 31.8. The molecule has 0 bridgehead atoms. The molecule has 1 heterocycles. The molecule has 1 saturated carbocycles. The van der Waals surface area contributed by atoms with E-state index in [4.69, 9.17) is 0 Å². The Hall–Kier alpha value is -0.310. The van der Waals surface area contributed by atoms with E-state index < -0.39 is 0 Å². The molecular weight excluding hydrogens is 252 g/mol. The lowest BCUT2D eigenvalue weighted by atomic mass is 9.80. The molecule has 1 aliphatic rings. The highest BCUT2D eigenvalue weighted by Crippen LogP contribution is 2.35. The minimum absolute atomic E-state index is 0.690. The van der Waals surface area contributed by atoms with Crippen LogP contribution in [0, 0.1) is 11.8 Å². The predicted octanol–water partition coefficient (Wildman–Crippen LogP) is 3.16. The molecule has 0 saturated heterocycles. The number of rotatable bonds is 2. The molecule has 1 fully saturated rings. The molecule has 3 atom stereocenters. The fourth-order valence-electron chi connectivity index (χ4n) is 2.51. The van der Waals surface area contributed by atoms with E-state index in [-0.39, 0.29) is 0 Å². The van der Waals surface area contributed by atoms with E-state index in [1.165, 1.54) is 25.0 Å². The van der Waals surface area contributed by atoms with Gasteiger partial charge in [0.25, 0.3) is 0 Å². The molecule has 1 aromatic heterocycles. The minimum atomic E-state index is 0.690. The summed E-state index contributed by atoms with van der Waals surface area (Å²) in [6.45, 7) is 2.37. The Morgan fingerprint density at radius 1 is 1.53 bits per heavy atom. The van der Waals surface area contributed by atoms with Crippen molar-refractivity contribution in [1.82, 2.24) is 9.78 Å². The first-order valence-corrected chi connectivity index (χ1v) is 6.69. The summed E-state index contributed by atoms with van der Waals surface area (Å²) in [5, 5.41) is 4.46. The van der Waals surface area contributed by atoms with Gasteiger partial charge in [-0.15, -0.1) is 0 Å². The Morgan fingerprint density at radius 3 is 3.00 bits per heavy atom. The van der Waals surface area contributed by atoms with Gasteiger partial charge >= 0.3 is 0 Å². The average molecular weight is 271 g/mol. The number of hydrogen-bond donors (Lipinski definition) is 0. The zero-order chi connectivity index (χ0) is 10.8. The van der Waals surface area contributed by atoms with Crippen molar-refractivity contribution in [3.63, 3.8) is 0 Å². The molecule has 15 heavy (non-hydrogen) atoms. The van der Waals surface area contributed by atoms with Crippen LogP contribution in [0.4, 0.5) is 0 Å². The van der Waals surface area contributed by atoms with Gasteiger partial charge in [-0.05, 0) is 43.6 Å². The molecule has 0 radical (unpaired) electrons. The first-order valence-electron chi connectivity index (χ1n) is 5.77. The van der Waals surface area contributed by atoms with Crippen LogP contribution in [0.2, 0.25) is 0 Å². The fourth-order valence-corrected chi connectivity index (χ4v) is 3.18. The second-order valence-electron chi connectivity index (χ2n) is 4.88. The largest absolute Gasteiger partial charge is 0.276 e. The van der Waals surface area contributed by atoms with Crippen LogP contribution in [0.25, 0.3) is 0 Å². The van der Waals surface area contributed by atoms with Crippen molar-refractivity contribution in [2.45, 2.75) is 37.4 Å². The zero-order valence-electron chi connectivity index (χ0n) is 9.49. The second kappa shape index (κ2) is 4.69. The molecule has 3 heteroatoms. The van der Waals surface area contributed by atoms with Gasteiger partial charge in [0.05, 0.1) is 5.69 Å². The summed E-state index contributed by atoms with van der Waals surface area (Å²) in [7, 11) is 1.98. The fraction of sp³-hybridized carbons (Fsp3) is 0.750. The molecular formula is C12H19BrN2. The first-order chi connectivity index (χ1) is 7.15. The van der Waals surface area contributed by atoms with Crippen molar-refractivity contribution >= 4 is 15.9 Å². The van der Waals surface area contributed by atoms with Crippen molar-refractivity contribution in [2.75, 3.05) is 0 Å². The van der Waals surface area contributed by atoms with E-state index in [1.54, 1.807) is 0 Å². The number of hydrogen-bond acceptors (Lipinski definition) is 1. The number of alkyl halides is 1. The lowest BCUT2D eigenvalue weighted by molar-refractivity contribution is 0.292. The van der Waals surface area contributed by atoms with Crippen LogP contribution in [-0.4, -0.2) is 14.6 Å². The summed E-state index contributed by atoms with van der Waals surface area (Å²) in [4.78, 5) is 0.690. The van der Waals surface area contributed by atoms with E-state index in [9.17, 15) is 0 Å².